The fraction of sp³-hybridized carbons (Fsp3) is 0.417. The molecule has 0 saturated heterocycles. The number of hydrogen-bond acceptors (Lipinski definition) is 3. The fourth-order valence-corrected chi connectivity index (χ4v) is 10.2. The summed E-state index contributed by atoms with van der Waals surface area (Å²) in [6, 6.07) is 27.4. The van der Waals surface area contributed by atoms with Crippen molar-refractivity contribution >= 4 is 41.9 Å². The summed E-state index contributed by atoms with van der Waals surface area (Å²) in [6.45, 7) is 28.7. The number of aryl methyl sites for hydroxylation is 5. The second kappa shape index (κ2) is 34.6. The molecule has 2 aliphatic rings. The Balaban J connectivity index is 0.000000462. The van der Waals surface area contributed by atoms with E-state index in [0.29, 0.717) is 5.75 Å². The number of phenols is 1. The van der Waals surface area contributed by atoms with E-state index in [2.05, 4.69) is 170 Å². The first kappa shape index (κ1) is 61.3. The van der Waals surface area contributed by atoms with Crippen molar-refractivity contribution in [3.8, 4) is 16.9 Å². The Kier molecular flexibility index (Phi) is 31.6. The SMILES string of the molecule is C.C=CC.C=CCC.CC/C=C\OCCCC.Cc1c(Br)cc2c(c1-c1c(O)c(Br)cc3c1CCCC3)CCCC2.Cc1ccc(C)[n-]1.Cc1ccccc1[N]=[Mo]=[CH]C(C)(C)c1ccccc1. The van der Waals surface area contributed by atoms with Gasteiger partial charge in [-0.3, -0.25) is 0 Å². The van der Waals surface area contributed by atoms with Gasteiger partial charge in [0, 0.05) is 10.0 Å². The van der Waals surface area contributed by atoms with Gasteiger partial charge in [0.05, 0.1) is 17.3 Å². The summed E-state index contributed by atoms with van der Waals surface area (Å²) in [5.41, 5.74) is 15.4. The Hall–Kier alpha value is -3.70. The molecular weight excluding hydrogens is 1040 g/mol. The average molecular weight is 1120 g/mol. The monoisotopic (exact) mass is 1120 g/mol. The van der Waals surface area contributed by atoms with Gasteiger partial charge in [0.15, 0.2) is 0 Å². The number of benzene rings is 4. The fourth-order valence-electron chi connectivity index (χ4n) is 7.32. The second-order valence-corrected chi connectivity index (χ2v) is 20.4. The summed E-state index contributed by atoms with van der Waals surface area (Å²) >= 11 is 6.89. The van der Waals surface area contributed by atoms with Gasteiger partial charge in [0.25, 0.3) is 0 Å². The van der Waals surface area contributed by atoms with Crippen LogP contribution in [0.15, 0.2) is 129 Å². The molecule has 4 aromatic carbocycles. The summed E-state index contributed by atoms with van der Waals surface area (Å²) in [6.07, 6.45) is 21.4. The molecule has 4 nitrogen and oxygen atoms in total. The molecular formula is C60H83Br2MoN2O2-. The number of unbranched alkanes of at least 4 members (excludes halogenated alkanes) is 1. The molecule has 67 heavy (non-hydrogen) atoms. The van der Waals surface area contributed by atoms with Crippen molar-refractivity contribution in [1.29, 1.82) is 0 Å². The Morgan fingerprint density at radius 3 is 1.79 bits per heavy atom. The number of phenolic OH excluding ortho intramolecular Hbond substituents is 1. The number of rotatable bonds is 10. The summed E-state index contributed by atoms with van der Waals surface area (Å²) in [5, 5.41) is 11.0. The maximum absolute atomic E-state index is 11.0. The zero-order valence-electron chi connectivity index (χ0n) is 41.9. The van der Waals surface area contributed by atoms with Gasteiger partial charge in [-0.1, -0.05) is 94.8 Å². The van der Waals surface area contributed by atoms with Gasteiger partial charge in [0.1, 0.15) is 5.75 Å². The molecule has 0 bridgehead atoms. The molecule has 366 valence electrons. The quantitative estimate of drug-likeness (QED) is 0.0656. The van der Waals surface area contributed by atoms with Crippen LogP contribution in [0, 0.1) is 27.7 Å². The van der Waals surface area contributed by atoms with Gasteiger partial charge in [-0.15, -0.1) is 13.2 Å². The van der Waals surface area contributed by atoms with Crippen molar-refractivity contribution in [2.24, 2.45) is 3.50 Å². The number of hydrogen-bond donors (Lipinski definition) is 1. The van der Waals surface area contributed by atoms with Crippen molar-refractivity contribution in [3.63, 3.8) is 0 Å². The Bertz CT molecular complexity index is 2210. The summed E-state index contributed by atoms with van der Waals surface area (Å²) < 4.78 is 14.3. The molecule has 0 fully saturated rings. The molecule has 0 radical (unpaired) electrons. The number of nitrogens with zero attached hydrogens (tertiary/aromatic N) is 2. The molecule has 0 aliphatic heterocycles. The molecule has 1 N–H and O–H groups in total. The van der Waals surface area contributed by atoms with Gasteiger partial charge >= 0.3 is 123 Å². The molecule has 0 saturated carbocycles. The van der Waals surface area contributed by atoms with Crippen LogP contribution in [0.25, 0.3) is 11.1 Å². The van der Waals surface area contributed by atoms with Crippen LogP contribution in [0.5, 0.6) is 5.75 Å². The number of aromatic nitrogens is 1. The van der Waals surface area contributed by atoms with Crippen LogP contribution in [0.2, 0.25) is 0 Å². The van der Waals surface area contributed by atoms with Crippen molar-refractivity contribution in [2.45, 2.75) is 159 Å². The molecule has 0 unspecified atom stereocenters. The number of ether oxygens (including phenoxy) is 1. The molecule has 1 heterocycles. The van der Waals surface area contributed by atoms with E-state index in [0.717, 1.165) is 78.7 Å². The minimum atomic E-state index is -0.473. The van der Waals surface area contributed by atoms with Crippen LogP contribution in [-0.4, -0.2) is 16.1 Å². The van der Waals surface area contributed by atoms with Gasteiger partial charge in [-0.05, 0) is 146 Å². The van der Waals surface area contributed by atoms with E-state index in [1.165, 1.54) is 81.1 Å². The number of halogens is 2. The summed E-state index contributed by atoms with van der Waals surface area (Å²) in [4.78, 5) is 4.11. The van der Waals surface area contributed by atoms with Crippen molar-refractivity contribution in [1.82, 2.24) is 4.98 Å². The van der Waals surface area contributed by atoms with Crippen LogP contribution in [0.3, 0.4) is 0 Å². The minimum absolute atomic E-state index is 0. The maximum atomic E-state index is 11.0. The Morgan fingerprint density at radius 1 is 0.761 bits per heavy atom. The van der Waals surface area contributed by atoms with Crippen LogP contribution in [0.4, 0.5) is 5.69 Å². The number of aromatic hydroxyl groups is 1. The first-order chi connectivity index (χ1) is 31.7. The zero-order chi connectivity index (χ0) is 48.9. The van der Waals surface area contributed by atoms with Crippen LogP contribution < -0.4 is 4.98 Å². The zero-order valence-corrected chi connectivity index (χ0v) is 47.1. The van der Waals surface area contributed by atoms with E-state index in [4.69, 9.17) is 8.23 Å². The first-order valence-corrected chi connectivity index (χ1v) is 27.5. The van der Waals surface area contributed by atoms with E-state index in [-0.39, 0.29) is 12.8 Å². The molecule has 7 heteroatoms. The molecule has 0 amide bonds. The number of fused-ring (bicyclic) bond motifs is 2. The second-order valence-electron chi connectivity index (χ2n) is 17.2. The van der Waals surface area contributed by atoms with Crippen molar-refractivity contribution in [2.75, 3.05) is 6.61 Å². The van der Waals surface area contributed by atoms with E-state index in [1.54, 1.807) is 12.3 Å². The molecule has 2 aliphatic carbocycles. The van der Waals surface area contributed by atoms with Crippen LogP contribution in [0.1, 0.15) is 151 Å². The third-order valence-electron chi connectivity index (χ3n) is 11.1. The van der Waals surface area contributed by atoms with Crippen molar-refractivity contribution in [3.05, 3.63) is 176 Å². The molecule has 7 rings (SSSR count). The third-order valence-corrected chi connectivity index (χ3v) is 14.9. The van der Waals surface area contributed by atoms with E-state index in [9.17, 15) is 5.11 Å². The average Bonchev–Trinajstić information content (AvgIpc) is 3.71. The first-order valence-electron chi connectivity index (χ1n) is 23.9. The molecule has 0 spiro atoms. The summed E-state index contributed by atoms with van der Waals surface area (Å²) in [5.74, 6) is 0.421. The molecule has 1 aromatic heterocycles. The van der Waals surface area contributed by atoms with E-state index >= 15 is 0 Å². The van der Waals surface area contributed by atoms with Gasteiger partial charge in [0.2, 0.25) is 0 Å². The van der Waals surface area contributed by atoms with E-state index < -0.39 is 17.9 Å². The Labute approximate surface area is 433 Å². The predicted octanol–water partition coefficient (Wildman–Crippen LogP) is 18.7. The van der Waals surface area contributed by atoms with Crippen molar-refractivity contribution < 1.29 is 27.8 Å². The van der Waals surface area contributed by atoms with Gasteiger partial charge < -0.3 is 14.8 Å². The third kappa shape index (κ3) is 21.6. The van der Waals surface area contributed by atoms with E-state index in [1.807, 2.05) is 45.1 Å². The molecule has 5 aromatic rings. The standard InChI is InChI=1S/C21H22Br2O.C10H12.C8H16O.C7H7N.C6H8N.C4H8.C3H6.CH4.Mo/c1-12-17(22)10-13-6-2-4-8-15(13)19(12)20-16-9-5-3-7-14(16)11-18(23)21(20)24;1-10(2,3)9-7-5-4-6-8-9;1-3-5-7-9-8-6-4-2;1-6-4-2-3-5-7(6)8;1-5-3-4-6(2)7-5;1-3-4-2;1-3-2;;/h10-11,24H,2-9H2,1H3;1,4-8H,2-3H3;5,7H,3-4,6,8H2,1-2H3;2-5H,1H3;3-4H,1-2H3;3H,1,4H2,2H3;3H,1H2,2H3;1H4;/q;;;;-1;;;;/b;;7-5-;;;;;;. The van der Waals surface area contributed by atoms with Gasteiger partial charge in [-0.25, -0.2) is 0 Å². The topological polar surface area (TPSA) is 55.9 Å². The van der Waals surface area contributed by atoms with Crippen LogP contribution >= 0.6 is 31.9 Å². The van der Waals surface area contributed by atoms with Gasteiger partial charge in [-0.2, -0.15) is 11.4 Å². The number of allylic oxidation sites excluding steroid dienone is 3. The van der Waals surface area contributed by atoms with Crippen LogP contribution in [-0.2, 0) is 53.8 Å². The normalized spacial score (nSPS) is 12.0. The predicted molar refractivity (Wildman–Crippen MR) is 298 cm³/mol. The summed E-state index contributed by atoms with van der Waals surface area (Å²) in [7, 11) is 0. The molecule has 0 atom stereocenters. The Morgan fingerprint density at radius 2 is 1.28 bits per heavy atom.